The Hall–Kier alpha value is -2.65. The van der Waals surface area contributed by atoms with Crippen molar-refractivity contribution >= 4 is 38.9 Å². The average molecular weight is 429 g/mol. The number of benzene rings is 2. The first-order valence-corrected chi connectivity index (χ1v) is 10.3. The maximum Gasteiger partial charge on any atom is 0.245 e. The van der Waals surface area contributed by atoms with Crippen LogP contribution in [0.3, 0.4) is 0 Å². The topological polar surface area (TPSA) is 94.2 Å². The van der Waals surface area contributed by atoms with Crippen LogP contribution in [0.2, 0.25) is 5.02 Å². The molecule has 1 amide bonds. The van der Waals surface area contributed by atoms with E-state index in [0.29, 0.717) is 22.9 Å². The van der Waals surface area contributed by atoms with Crippen LogP contribution in [0.4, 0.5) is 11.4 Å². The van der Waals surface area contributed by atoms with E-state index in [9.17, 15) is 13.2 Å². The van der Waals surface area contributed by atoms with Crippen LogP contribution in [-0.4, -0.2) is 48.5 Å². The molecule has 0 fully saturated rings. The molecule has 0 bridgehead atoms. The van der Waals surface area contributed by atoms with Gasteiger partial charge in [0.15, 0.2) is 11.5 Å². The van der Waals surface area contributed by atoms with E-state index in [4.69, 9.17) is 25.8 Å². The Labute approximate surface area is 169 Å². The Bertz CT molecular complexity index is 965. The molecule has 2 aromatic carbocycles. The molecule has 0 aliphatic rings. The minimum atomic E-state index is -3.74. The number of rotatable bonds is 8. The van der Waals surface area contributed by atoms with E-state index < -0.39 is 22.5 Å². The molecule has 0 spiro atoms. The van der Waals surface area contributed by atoms with Crippen LogP contribution in [0.25, 0.3) is 0 Å². The number of amides is 1. The third-order valence-electron chi connectivity index (χ3n) is 3.78. The Morgan fingerprint density at radius 2 is 1.61 bits per heavy atom. The summed E-state index contributed by atoms with van der Waals surface area (Å²) in [5.41, 5.74) is 0.680. The summed E-state index contributed by atoms with van der Waals surface area (Å²) in [5.74, 6) is 0.798. The molecule has 0 aromatic heterocycles. The average Bonchev–Trinajstić information content (AvgIpc) is 2.65. The molecule has 1 N–H and O–H groups in total. The number of ether oxygens (including phenoxy) is 3. The lowest BCUT2D eigenvalue weighted by Crippen LogP contribution is -2.37. The molecule has 0 radical (unpaired) electrons. The zero-order chi connectivity index (χ0) is 20.9. The fourth-order valence-electron chi connectivity index (χ4n) is 2.46. The van der Waals surface area contributed by atoms with Gasteiger partial charge < -0.3 is 19.5 Å². The lowest BCUT2D eigenvalue weighted by molar-refractivity contribution is -0.114. The lowest BCUT2D eigenvalue weighted by Gasteiger charge is -2.22. The number of hydrogen-bond acceptors (Lipinski definition) is 6. The van der Waals surface area contributed by atoms with Gasteiger partial charge in [-0.1, -0.05) is 11.6 Å². The minimum absolute atomic E-state index is 0.231. The largest absolute Gasteiger partial charge is 0.495 e. The molecule has 10 heteroatoms. The first-order chi connectivity index (χ1) is 13.2. The van der Waals surface area contributed by atoms with Crippen molar-refractivity contribution in [1.29, 1.82) is 0 Å². The molecule has 0 unspecified atom stereocenters. The molecule has 2 rings (SSSR count). The number of hydrogen-bond donors (Lipinski definition) is 1. The standard InChI is InChI=1S/C18H21ClN2O6S/c1-25-15-8-6-13(10-14(15)19)21(28(4,23)24)11-18(22)20-12-5-7-16(26-2)17(9-12)27-3/h5-10H,11H2,1-4H3,(H,20,22). The van der Waals surface area contributed by atoms with E-state index in [2.05, 4.69) is 5.32 Å². The van der Waals surface area contributed by atoms with Gasteiger partial charge in [0.2, 0.25) is 15.9 Å². The van der Waals surface area contributed by atoms with Gasteiger partial charge >= 0.3 is 0 Å². The molecular weight excluding hydrogens is 408 g/mol. The van der Waals surface area contributed by atoms with Gasteiger partial charge in [0.05, 0.1) is 38.3 Å². The number of nitrogens with zero attached hydrogens (tertiary/aromatic N) is 1. The predicted octanol–water partition coefficient (Wildman–Crippen LogP) is 2.77. The number of nitrogens with one attached hydrogen (secondary N) is 1. The Balaban J connectivity index is 2.24. The van der Waals surface area contributed by atoms with Crippen LogP contribution in [-0.2, 0) is 14.8 Å². The van der Waals surface area contributed by atoms with Crippen LogP contribution in [0.5, 0.6) is 17.2 Å². The van der Waals surface area contributed by atoms with Crippen molar-refractivity contribution in [3.05, 3.63) is 41.4 Å². The van der Waals surface area contributed by atoms with E-state index in [1.165, 1.54) is 39.5 Å². The van der Waals surface area contributed by atoms with Crippen molar-refractivity contribution in [3.8, 4) is 17.2 Å². The SMILES string of the molecule is COc1ccc(N(CC(=O)Nc2ccc(OC)c(OC)c2)S(C)(=O)=O)cc1Cl. The summed E-state index contributed by atoms with van der Waals surface area (Å²) in [6.45, 7) is -0.435. The molecular formula is C18H21ClN2O6S. The molecule has 0 aliphatic carbocycles. The van der Waals surface area contributed by atoms with Gasteiger partial charge in [-0.15, -0.1) is 0 Å². The van der Waals surface area contributed by atoms with E-state index in [-0.39, 0.29) is 10.7 Å². The zero-order valence-electron chi connectivity index (χ0n) is 15.9. The van der Waals surface area contributed by atoms with Gasteiger partial charge in [0, 0.05) is 11.8 Å². The summed E-state index contributed by atoms with van der Waals surface area (Å²) in [4.78, 5) is 12.5. The number of anilines is 2. The van der Waals surface area contributed by atoms with Crippen molar-refractivity contribution < 1.29 is 27.4 Å². The van der Waals surface area contributed by atoms with Crippen molar-refractivity contribution in [2.45, 2.75) is 0 Å². The van der Waals surface area contributed by atoms with Crippen LogP contribution in [0, 0.1) is 0 Å². The summed E-state index contributed by atoms with van der Waals surface area (Å²) >= 11 is 6.08. The second-order valence-corrected chi connectivity index (χ2v) is 8.02. The van der Waals surface area contributed by atoms with E-state index in [0.717, 1.165) is 10.6 Å². The fourth-order valence-corrected chi connectivity index (χ4v) is 3.56. The second-order valence-electron chi connectivity index (χ2n) is 5.71. The van der Waals surface area contributed by atoms with Gasteiger partial charge in [-0.05, 0) is 30.3 Å². The van der Waals surface area contributed by atoms with Crippen molar-refractivity contribution in [1.82, 2.24) is 0 Å². The predicted molar refractivity (Wildman–Crippen MR) is 108 cm³/mol. The quantitative estimate of drug-likeness (QED) is 0.694. The minimum Gasteiger partial charge on any atom is -0.495 e. The Kier molecular flexibility index (Phi) is 6.98. The van der Waals surface area contributed by atoms with Crippen LogP contribution >= 0.6 is 11.6 Å². The first-order valence-electron chi connectivity index (χ1n) is 8.02. The molecule has 0 aliphatic heterocycles. The summed E-state index contributed by atoms with van der Waals surface area (Å²) in [6.07, 6.45) is 1.01. The molecule has 0 heterocycles. The Morgan fingerprint density at radius 1 is 1.00 bits per heavy atom. The maximum atomic E-state index is 12.5. The van der Waals surface area contributed by atoms with Gasteiger partial charge in [-0.25, -0.2) is 8.42 Å². The molecule has 8 nitrogen and oxygen atoms in total. The molecule has 0 atom stereocenters. The molecule has 0 saturated heterocycles. The number of halogens is 1. The third kappa shape index (κ3) is 5.20. The van der Waals surface area contributed by atoms with Gasteiger partial charge in [0.25, 0.3) is 0 Å². The van der Waals surface area contributed by atoms with Crippen molar-refractivity contribution in [3.63, 3.8) is 0 Å². The second kappa shape index (κ2) is 9.03. The van der Waals surface area contributed by atoms with Crippen molar-refractivity contribution in [2.24, 2.45) is 0 Å². The highest BCUT2D eigenvalue weighted by Gasteiger charge is 2.22. The lowest BCUT2D eigenvalue weighted by atomic mass is 10.2. The third-order valence-corrected chi connectivity index (χ3v) is 5.21. The summed E-state index contributed by atoms with van der Waals surface area (Å²) < 4.78 is 40.8. The van der Waals surface area contributed by atoms with Crippen molar-refractivity contribution in [2.75, 3.05) is 43.8 Å². The number of sulfonamides is 1. The van der Waals surface area contributed by atoms with Crippen LogP contribution in [0.1, 0.15) is 0 Å². The normalized spacial score (nSPS) is 10.9. The number of carbonyl (C=O) groups excluding carboxylic acids is 1. The monoisotopic (exact) mass is 428 g/mol. The fraction of sp³-hybridized carbons (Fsp3) is 0.278. The van der Waals surface area contributed by atoms with E-state index in [1.54, 1.807) is 18.2 Å². The first kappa shape index (κ1) is 21.6. The highest BCUT2D eigenvalue weighted by molar-refractivity contribution is 7.92. The molecule has 0 saturated carbocycles. The van der Waals surface area contributed by atoms with E-state index >= 15 is 0 Å². The maximum absolute atomic E-state index is 12.5. The van der Waals surface area contributed by atoms with Crippen LogP contribution < -0.4 is 23.8 Å². The van der Waals surface area contributed by atoms with Gasteiger partial charge in [0.1, 0.15) is 12.3 Å². The summed E-state index contributed by atoms with van der Waals surface area (Å²) in [7, 11) is 0.688. The smallest absolute Gasteiger partial charge is 0.245 e. The van der Waals surface area contributed by atoms with Gasteiger partial charge in [-0.2, -0.15) is 0 Å². The molecule has 28 heavy (non-hydrogen) atoms. The van der Waals surface area contributed by atoms with E-state index in [1.807, 2.05) is 0 Å². The van der Waals surface area contributed by atoms with Crippen LogP contribution in [0.15, 0.2) is 36.4 Å². The highest BCUT2D eigenvalue weighted by Crippen LogP contribution is 2.31. The molecule has 2 aromatic rings. The highest BCUT2D eigenvalue weighted by atomic mass is 35.5. The van der Waals surface area contributed by atoms with Gasteiger partial charge in [-0.3, -0.25) is 9.10 Å². The molecule has 152 valence electrons. The Morgan fingerprint density at radius 3 is 2.14 bits per heavy atom. The summed E-state index contributed by atoms with van der Waals surface area (Å²) in [5, 5.41) is 2.87. The summed E-state index contributed by atoms with van der Waals surface area (Å²) in [6, 6.07) is 9.29. The number of carbonyl (C=O) groups is 1. The number of methoxy groups -OCH3 is 3. The zero-order valence-corrected chi connectivity index (χ0v) is 17.4.